The molecule has 0 N–H and O–H groups in total. The molecule has 0 rings (SSSR count). The third-order valence-corrected chi connectivity index (χ3v) is 0. The van der Waals surface area contributed by atoms with Crippen molar-refractivity contribution in [3.63, 3.8) is 0 Å². The SMILES string of the molecule is [I][Ni][I].[I][Ni][I]. The molecule has 0 saturated carbocycles. The molecule has 0 amide bonds. The van der Waals surface area contributed by atoms with Gasteiger partial charge in [0.15, 0.2) is 0 Å². The van der Waals surface area contributed by atoms with E-state index in [-0.39, 0.29) is 0 Å². The minimum atomic E-state index is 1.56. The van der Waals surface area contributed by atoms with Crippen molar-refractivity contribution in [1.82, 2.24) is 0 Å². The van der Waals surface area contributed by atoms with E-state index in [1.165, 1.54) is 0 Å². The second-order valence-corrected chi connectivity index (χ2v) is 16.8. The summed E-state index contributed by atoms with van der Waals surface area (Å²) in [5, 5.41) is 0. The molecule has 0 atom stereocenters. The van der Waals surface area contributed by atoms with Gasteiger partial charge < -0.3 is 0 Å². The monoisotopic (exact) mass is 623 g/mol. The van der Waals surface area contributed by atoms with E-state index < -0.39 is 0 Å². The first-order valence-corrected chi connectivity index (χ1v) is 13.2. The Balaban J connectivity index is 0. The molecular formula is I4Ni2. The van der Waals surface area contributed by atoms with Crippen LogP contribution in [-0.2, 0) is 16.1 Å². The van der Waals surface area contributed by atoms with Crippen molar-refractivity contribution in [3.05, 3.63) is 0 Å². The van der Waals surface area contributed by atoms with Gasteiger partial charge in [0.2, 0.25) is 0 Å². The van der Waals surface area contributed by atoms with Gasteiger partial charge in [-0.25, -0.2) is 0 Å². The fraction of sp³-hybridized carbons (Fsp3) is 0. The molecule has 6 heavy (non-hydrogen) atoms. The maximum atomic E-state index is 2.21. The number of hydrogen-bond donors (Lipinski definition) is 0. The molecule has 0 aromatic rings. The van der Waals surface area contributed by atoms with Gasteiger partial charge in [-0.15, -0.1) is 0 Å². The van der Waals surface area contributed by atoms with Crippen molar-refractivity contribution in [1.29, 1.82) is 0 Å². The van der Waals surface area contributed by atoms with E-state index in [1.54, 1.807) is 16.1 Å². The third-order valence-electron chi connectivity index (χ3n) is 0. The van der Waals surface area contributed by atoms with E-state index in [4.69, 9.17) is 0 Å². The summed E-state index contributed by atoms with van der Waals surface area (Å²) in [5.41, 5.74) is 0. The predicted molar refractivity (Wildman–Crippen MR) is 56.1 cm³/mol. The van der Waals surface area contributed by atoms with Crippen LogP contribution in [0.25, 0.3) is 0 Å². The van der Waals surface area contributed by atoms with E-state index in [2.05, 4.69) is 81.9 Å². The van der Waals surface area contributed by atoms with Crippen LogP contribution in [0.2, 0.25) is 0 Å². The molecule has 0 aliphatic heterocycles. The molecule has 0 fully saturated rings. The van der Waals surface area contributed by atoms with Gasteiger partial charge in [-0.1, -0.05) is 0 Å². The van der Waals surface area contributed by atoms with E-state index in [0.29, 0.717) is 0 Å². The zero-order valence-corrected chi connectivity index (χ0v) is 12.7. The van der Waals surface area contributed by atoms with Crippen LogP contribution in [0.15, 0.2) is 0 Å². The Morgan fingerprint density at radius 2 is 0.667 bits per heavy atom. The van der Waals surface area contributed by atoms with Crippen LogP contribution in [0.4, 0.5) is 0 Å². The summed E-state index contributed by atoms with van der Waals surface area (Å²) in [5.74, 6) is 0. The Morgan fingerprint density at radius 1 is 0.667 bits per heavy atom. The van der Waals surface area contributed by atoms with Crippen LogP contribution in [0.5, 0.6) is 0 Å². The summed E-state index contributed by atoms with van der Waals surface area (Å²) in [6.45, 7) is 0. The van der Waals surface area contributed by atoms with Crippen LogP contribution in [0.3, 0.4) is 0 Å². The molecule has 0 heterocycles. The molecule has 0 aliphatic carbocycles. The number of rotatable bonds is 0. The van der Waals surface area contributed by atoms with Crippen LogP contribution in [0.1, 0.15) is 0 Å². The van der Waals surface area contributed by atoms with Gasteiger partial charge in [0, 0.05) is 0 Å². The first-order valence-electron chi connectivity index (χ1n) is 0.478. The summed E-state index contributed by atoms with van der Waals surface area (Å²) in [4.78, 5) is 0. The number of halogens is 4. The summed E-state index contributed by atoms with van der Waals surface area (Å²) in [6.07, 6.45) is 0. The molecule has 0 bridgehead atoms. The topological polar surface area (TPSA) is 0 Å². The van der Waals surface area contributed by atoms with E-state index >= 15 is 0 Å². The Kier molecular flexibility index (Phi) is 33.4. The van der Waals surface area contributed by atoms with Crippen molar-refractivity contribution in [2.24, 2.45) is 0 Å². The first kappa shape index (κ1) is 12.6. The number of hydrogen-bond acceptors (Lipinski definition) is 0. The fourth-order valence-corrected chi connectivity index (χ4v) is 0. The molecule has 0 radical (unpaired) electrons. The van der Waals surface area contributed by atoms with Gasteiger partial charge >= 0.3 is 98.1 Å². The molecule has 48 valence electrons. The van der Waals surface area contributed by atoms with Crippen molar-refractivity contribution in [3.8, 4) is 0 Å². The molecule has 0 aliphatic rings. The summed E-state index contributed by atoms with van der Waals surface area (Å²) in [6, 6.07) is 0. The second-order valence-electron chi connectivity index (χ2n) is 0.0904. The normalized spacial score (nSPS) is 7.33. The summed E-state index contributed by atoms with van der Waals surface area (Å²) >= 11 is 8.85. The van der Waals surface area contributed by atoms with Gasteiger partial charge in [0.05, 0.1) is 0 Å². The van der Waals surface area contributed by atoms with Crippen LogP contribution in [0, 0.1) is 0 Å². The summed E-state index contributed by atoms with van der Waals surface area (Å²) in [7, 11) is 3.13. The third kappa shape index (κ3) is 24.7. The van der Waals surface area contributed by atoms with Gasteiger partial charge in [-0.05, 0) is 0 Å². The fourth-order valence-electron chi connectivity index (χ4n) is 0. The van der Waals surface area contributed by atoms with Gasteiger partial charge in [-0.3, -0.25) is 0 Å². The van der Waals surface area contributed by atoms with Crippen LogP contribution < -0.4 is 0 Å². The molecule has 0 aromatic heterocycles. The molecular weight excluding hydrogens is 625 g/mol. The van der Waals surface area contributed by atoms with Gasteiger partial charge in [-0.2, -0.15) is 0 Å². The van der Waals surface area contributed by atoms with Crippen molar-refractivity contribution >= 4 is 81.9 Å². The van der Waals surface area contributed by atoms with Crippen molar-refractivity contribution in [2.45, 2.75) is 0 Å². The molecule has 0 spiro atoms. The average molecular weight is 625 g/mol. The standard InChI is InChI=1S/4HI.2Ni/h4*1H;;/q;;;;2*+2/p-4. The van der Waals surface area contributed by atoms with Gasteiger partial charge in [0.1, 0.15) is 0 Å². The summed E-state index contributed by atoms with van der Waals surface area (Å²) < 4.78 is 0. The van der Waals surface area contributed by atoms with Crippen LogP contribution in [-0.4, -0.2) is 0 Å². The Hall–Kier alpha value is 3.91. The molecule has 0 unspecified atom stereocenters. The molecule has 0 aromatic carbocycles. The zero-order chi connectivity index (χ0) is 5.41. The van der Waals surface area contributed by atoms with Crippen molar-refractivity contribution in [2.75, 3.05) is 0 Å². The minimum absolute atomic E-state index is 1.56. The predicted octanol–water partition coefficient (Wildman–Crippen LogP) is 3.54. The van der Waals surface area contributed by atoms with E-state index in [1.807, 2.05) is 0 Å². The van der Waals surface area contributed by atoms with Crippen molar-refractivity contribution < 1.29 is 16.1 Å². The Bertz CT molecular complexity index is 7.51. The molecule has 0 saturated heterocycles. The molecule has 0 nitrogen and oxygen atoms in total. The van der Waals surface area contributed by atoms with E-state index in [9.17, 15) is 0 Å². The first-order chi connectivity index (χ1) is 2.83. The molecule has 6 heteroatoms. The van der Waals surface area contributed by atoms with Gasteiger partial charge in [0.25, 0.3) is 0 Å². The quantitative estimate of drug-likeness (QED) is 0.286. The Labute approximate surface area is 95.2 Å². The second kappa shape index (κ2) is 16.0. The zero-order valence-electron chi connectivity index (χ0n) is 2.14. The average Bonchev–Trinajstić information content (AvgIpc) is 1.39. The maximum absolute atomic E-state index is 2.21. The van der Waals surface area contributed by atoms with Crippen LogP contribution >= 0.6 is 81.9 Å². The van der Waals surface area contributed by atoms with E-state index in [0.717, 1.165) is 0 Å². The Morgan fingerprint density at radius 3 is 0.667 bits per heavy atom.